The van der Waals surface area contributed by atoms with Crippen LogP contribution in [0.2, 0.25) is 0 Å². The Morgan fingerprint density at radius 3 is 2.69 bits per heavy atom. The SMILES string of the molecule is CCOc1ccccc1-c1nc(CC(=O)NCc2ccc(OC)cc2OC)cs1. The first kappa shape index (κ1) is 20.7. The molecule has 0 fully saturated rings. The second kappa shape index (κ2) is 9.93. The first-order valence-electron chi connectivity index (χ1n) is 9.28. The van der Waals surface area contributed by atoms with Crippen molar-refractivity contribution in [3.05, 3.63) is 59.1 Å². The lowest BCUT2D eigenvalue weighted by molar-refractivity contribution is -0.120. The molecule has 6 nitrogen and oxygen atoms in total. The highest BCUT2D eigenvalue weighted by molar-refractivity contribution is 7.13. The fraction of sp³-hybridized carbons (Fsp3) is 0.273. The van der Waals surface area contributed by atoms with Crippen LogP contribution in [0, 0.1) is 0 Å². The van der Waals surface area contributed by atoms with Crippen LogP contribution in [0.15, 0.2) is 47.8 Å². The molecular formula is C22H24N2O4S. The molecular weight excluding hydrogens is 388 g/mol. The zero-order valence-corrected chi connectivity index (χ0v) is 17.5. The summed E-state index contributed by atoms with van der Waals surface area (Å²) in [5.41, 5.74) is 2.55. The Morgan fingerprint density at radius 1 is 1.10 bits per heavy atom. The first-order valence-corrected chi connectivity index (χ1v) is 10.2. The maximum atomic E-state index is 12.4. The average Bonchev–Trinajstić information content (AvgIpc) is 3.21. The van der Waals surface area contributed by atoms with Crippen molar-refractivity contribution in [2.45, 2.75) is 19.9 Å². The average molecular weight is 413 g/mol. The molecule has 0 aliphatic carbocycles. The van der Waals surface area contributed by atoms with E-state index in [1.165, 1.54) is 11.3 Å². The maximum absolute atomic E-state index is 12.4. The molecule has 0 bridgehead atoms. The smallest absolute Gasteiger partial charge is 0.226 e. The van der Waals surface area contributed by atoms with Crippen LogP contribution in [0.5, 0.6) is 17.2 Å². The van der Waals surface area contributed by atoms with E-state index in [0.717, 1.165) is 27.6 Å². The second-order valence-electron chi connectivity index (χ2n) is 6.20. The van der Waals surface area contributed by atoms with Gasteiger partial charge in [0, 0.05) is 23.6 Å². The maximum Gasteiger partial charge on any atom is 0.226 e. The van der Waals surface area contributed by atoms with Gasteiger partial charge in [-0.1, -0.05) is 12.1 Å². The largest absolute Gasteiger partial charge is 0.497 e. The van der Waals surface area contributed by atoms with E-state index in [4.69, 9.17) is 14.2 Å². The fourth-order valence-electron chi connectivity index (χ4n) is 2.86. The van der Waals surface area contributed by atoms with Gasteiger partial charge in [-0.2, -0.15) is 0 Å². The van der Waals surface area contributed by atoms with E-state index in [1.54, 1.807) is 20.3 Å². The molecule has 152 valence electrons. The van der Waals surface area contributed by atoms with Gasteiger partial charge in [0.15, 0.2) is 0 Å². The number of nitrogens with one attached hydrogen (secondary N) is 1. The van der Waals surface area contributed by atoms with Crippen LogP contribution in [-0.4, -0.2) is 31.7 Å². The van der Waals surface area contributed by atoms with Crippen LogP contribution in [0.25, 0.3) is 10.6 Å². The Kier molecular flexibility index (Phi) is 7.08. The molecule has 3 aromatic rings. The third-order valence-corrected chi connectivity index (χ3v) is 5.21. The van der Waals surface area contributed by atoms with Gasteiger partial charge in [0.2, 0.25) is 5.91 Å². The molecule has 1 amide bonds. The summed E-state index contributed by atoms with van der Waals surface area (Å²) in [6.45, 7) is 2.91. The lowest BCUT2D eigenvalue weighted by atomic mass is 10.2. The lowest BCUT2D eigenvalue weighted by Crippen LogP contribution is -2.24. The van der Waals surface area contributed by atoms with E-state index in [2.05, 4.69) is 10.3 Å². The Balaban J connectivity index is 1.63. The number of para-hydroxylation sites is 1. The van der Waals surface area contributed by atoms with Gasteiger partial charge in [-0.15, -0.1) is 11.3 Å². The second-order valence-corrected chi connectivity index (χ2v) is 7.06. The van der Waals surface area contributed by atoms with Crippen molar-refractivity contribution in [2.24, 2.45) is 0 Å². The summed E-state index contributed by atoms with van der Waals surface area (Å²) in [5, 5.41) is 5.67. The Hall–Kier alpha value is -3.06. The number of carbonyl (C=O) groups excluding carboxylic acids is 1. The van der Waals surface area contributed by atoms with E-state index in [1.807, 2.05) is 48.7 Å². The lowest BCUT2D eigenvalue weighted by Gasteiger charge is -2.11. The standard InChI is InChI=1S/C22H24N2O4S/c1-4-28-19-8-6-5-7-18(19)22-24-16(14-29-22)11-21(25)23-13-15-9-10-17(26-2)12-20(15)27-3/h5-10,12,14H,4,11,13H2,1-3H3,(H,23,25). The van der Waals surface area contributed by atoms with Crippen LogP contribution in [-0.2, 0) is 17.8 Å². The number of thiazole rings is 1. The number of amides is 1. The number of hydrogen-bond donors (Lipinski definition) is 1. The van der Waals surface area contributed by atoms with Crippen molar-refractivity contribution in [1.82, 2.24) is 10.3 Å². The molecule has 2 aromatic carbocycles. The minimum atomic E-state index is -0.0992. The highest BCUT2D eigenvalue weighted by Gasteiger charge is 2.13. The third kappa shape index (κ3) is 5.26. The van der Waals surface area contributed by atoms with Crippen LogP contribution in [0.4, 0.5) is 0 Å². The van der Waals surface area contributed by atoms with Crippen molar-refractivity contribution < 1.29 is 19.0 Å². The molecule has 29 heavy (non-hydrogen) atoms. The number of ether oxygens (including phenoxy) is 3. The molecule has 7 heteroatoms. The topological polar surface area (TPSA) is 69.7 Å². The Labute approximate surface area is 174 Å². The Morgan fingerprint density at radius 2 is 1.93 bits per heavy atom. The number of nitrogens with zero attached hydrogens (tertiary/aromatic N) is 1. The van der Waals surface area contributed by atoms with E-state index >= 15 is 0 Å². The number of rotatable bonds is 9. The highest BCUT2D eigenvalue weighted by Crippen LogP contribution is 2.32. The summed E-state index contributed by atoms with van der Waals surface area (Å²) in [5.74, 6) is 2.08. The number of aromatic nitrogens is 1. The molecule has 0 unspecified atom stereocenters. The number of hydrogen-bond acceptors (Lipinski definition) is 6. The summed E-state index contributed by atoms with van der Waals surface area (Å²) in [7, 11) is 3.20. The molecule has 0 saturated heterocycles. The molecule has 0 spiro atoms. The zero-order chi connectivity index (χ0) is 20.6. The third-order valence-electron chi connectivity index (χ3n) is 4.28. The normalized spacial score (nSPS) is 10.4. The van der Waals surface area contributed by atoms with Crippen molar-refractivity contribution in [1.29, 1.82) is 0 Å². The van der Waals surface area contributed by atoms with Crippen molar-refractivity contribution in [2.75, 3.05) is 20.8 Å². The van der Waals surface area contributed by atoms with Gasteiger partial charge in [-0.25, -0.2) is 4.98 Å². The number of carbonyl (C=O) groups is 1. The van der Waals surface area contributed by atoms with Crippen molar-refractivity contribution >= 4 is 17.2 Å². The molecule has 0 atom stereocenters. The van der Waals surface area contributed by atoms with Gasteiger partial charge < -0.3 is 19.5 Å². The predicted octanol–water partition coefficient (Wildman–Crippen LogP) is 4.08. The molecule has 1 N–H and O–H groups in total. The molecule has 1 heterocycles. The molecule has 0 saturated carbocycles. The molecule has 0 aliphatic heterocycles. The summed E-state index contributed by atoms with van der Waals surface area (Å²) < 4.78 is 16.2. The summed E-state index contributed by atoms with van der Waals surface area (Å²) in [4.78, 5) is 17.0. The molecule has 0 aliphatic rings. The molecule has 3 rings (SSSR count). The highest BCUT2D eigenvalue weighted by atomic mass is 32.1. The summed E-state index contributed by atoms with van der Waals surface area (Å²) in [6.07, 6.45) is 0.214. The predicted molar refractivity (Wildman–Crippen MR) is 114 cm³/mol. The number of benzene rings is 2. The van der Waals surface area contributed by atoms with Gasteiger partial charge in [0.1, 0.15) is 22.3 Å². The van der Waals surface area contributed by atoms with E-state index < -0.39 is 0 Å². The minimum absolute atomic E-state index is 0.0992. The Bertz CT molecular complexity index is 971. The first-order chi connectivity index (χ1) is 14.1. The molecule has 0 radical (unpaired) electrons. The quantitative estimate of drug-likeness (QED) is 0.573. The van der Waals surface area contributed by atoms with Crippen LogP contribution in [0.1, 0.15) is 18.2 Å². The molecule has 1 aromatic heterocycles. The van der Waals surface area contributed by atoms with E-state index in [9.17, 15) is 4.79 Å². The monoisotopic (exact) mass is 412 g/mol. The van der Waals surface area contributed by atoms with Gasteiger partial charge in [-0.3, -0.25) is 4.79 Å². The van der Waals surface area contributed by atoms with Gasteiger partial charge in [0.25, 0.3) is 0 Å². The van der Waals surface area contributed by atoms with Crippen molar-refractivity contribution in [3.63, 3.8) is 0 Å². The zero-order valence-electron chi connectivity index (χ0n) is 16.7. The van der Waals surface area contributed by atoms with Crippen molar-refractivity contribution in [3.8, 4) is 27.8 Å². The minimum Gasteiger partial charge on any atom is -0.497 e. The fourth-order valence-corrected chi connectivity index (χ4v) is 3.70. The van der Waals surface area contributed by atoms with Crippen LogP contribution < -0.4 is 19.5 Å². The summed E-state index contributed by atoms with van der Waals surface area (Å²) in [6, 6.07) is 13.3. The number of methoxy groups -OCH3 is 2. The van der Waals surface area contributed by atoms with Crippen LogP contribution in [0.3, 0.4) is 0 Å². The van der Waals surface area contributed by atoms with Crippen LogP contribution >= 0.6 is 11.3 Å². The van der Waals surface area contributed by atoms with E-state index in [-0.39, 0.29) is 12.3 Å². The van der Waals surface area contributed by atoms with E-state index in [0.29, 0.717) is 24.7 Å². The summed E-state index contributed by atoms with van der Waals surface area (Å²) >= 11 is 1.50. The van der Waals surface area contributed by atoms with Gasteiger partial charge in [0.05, 0.1) is 38.5 Å². The van der Waals surface area contributed by atoms with Gasteiger partial charge in [-0.05, 0) is 31.2 Å². The van der Waals surface area contributed by atoms with Gasteiger partial charge >= 0.3 is 0 Å².